The fourth-order valence-electron chi connectivity index (χ4n) is 1.53. The molecule has 5 heteroatoms. The molecule has 0 aromatic carbocycles. The first-order valence-corrected chi connectivity index (χ1v) is 4.83. The first-order valence-electron chi connectivity index (χ1n) is 4.83. The molecule has 5 nitrogen and oxygen atoms in total. The summed E-state index contributed by atoms with van der Waals surface area (Å²) in [6.45, 7) is 1.65. The number of pyridine rings is 1. The molecule has 0 aliphatic carbocycles. The Morgan fingerprint density at radius 1 is 1.67 bits per heavy atom. The summed E-state index contributed by atoms with van der Waals surface area (Å²) in [4.78, 5) is 14.8. The minimum atomic E-state index is -1.01. The largest absolute Gasteiger partial charge is 0.477 e. The number of nitrogens with one attached hydrogen (secondary N) is 1. The Morgan fingerprint density at radius 2 is 2.53 bits per heavy atom. The predicted molar refractivity (Wildman–Crippen MR) is 53.1 cm³/mol. The number of nitrogens with zero attached hydrogens (tertiary/aromatic N) is 1. The molecule has 2 N–H and O–H groups in total. The molecule has 0 amide bonds. The van der Waals surface area contributed by atoms with E-state index in [1.54, 1.807) is 6.07 Å². The Kier molecular flexibility index (Phi) is 2.82. The van der Waals surface area contributed by atoms with Crippen molar-refractivity contribution in [1.82, 2.24) is 10.3 Å². The molecule has 1 atom stereocenters. The lowest BCUT2D eigenvalue weighted by Crippen LogP contribution is -2.21. The third-order valence-electron chi connectivity index (χ3n) is 2.29. The normalized spacial score (nSPS) is 20.1. The van der Waals surface area contributed by atoms with Crippen molar-refractivity contribution in [2.45, 2.75) is 12.5 Å². The van der Waals surface area contributed by atoms with Crippen LogP contribution in [0, 0.1) is 0 Å². The summed E-state index contributed by atoms with van der Waals surface area (Å²) in [5, 5.41) is 12.0. The Labute approximate surface area is 87.1 Å². The molecule has 1 fully saturated rings. The topological polar surface area (TPSA) is 71.5 Å². The molecule has 0 saturated carbocycles. The number of carbonyl (C=O) groups is 1. The summed E-state index contributed by atoms with van der Waals surface area (Å²) in [6.07, 6.45) is 2.44. The van der Waals surface area contributed by atoms with Gasteiger partial charge in [-0.25, -0.2) is 9.78 Å². The van der Waals surface area contributed by atoms with Crippen molar-refractivity contribution in [3.8, 4) is 5.88 Å². The monoisotopic (exact) mass is 208 g/mol. The van der Waals surface area contributed by atoms with Crippen LogP contribution in [0.2, 0.25) is 0 Å². The van der Waals surface area contributed by atoms with Crippen molar-refractivity contribution in [2.24, 2.45) is 0 Å². The molecule has 15 heavy (non-hydrogen) atoms. The molecule has 0 unspecified atom stereocenters. The van der Waals surface area contributed by atoms with Crippen LogP contribution in [0.3, 0.4) is 0 Å². The second-order valence-electron chi connectivity index (χ2n) is 3.39. The fourth-order valence-corrected chi connectivity index (χ4v) is 1.53. The van der Waals surface area contributed by atoms with E-state index in [4.69, 9.17) is 9.84 Å². The van der Waals surface area contributed by atoms with E-state index in [2.05, 4.69) is 10.3 Å². The number of carboxylic acid groups (broad SMARTS) is 1. The van der Waals surface area contributed by atoms with Gasteiger partial charge in [0.15, 0.2) is 0 Å². The Morgan fingerprint density at radius 3 is 3.20 bits per heavy atom. The minimum absolute atomic E-state index is 0.0259. The minimum Gasteiger partial charge on any atom is -0.477 e. The van der Waals surface area contributed by atoms with Gasteiger partial charge in [0, 0.05) is 12.7 Å². The highest BCUT2D eigenvalue weighted by molar-refractivity contribution is 5.90. The predicted octanol–water partition coefficient (Wildman–Crippen LogP) is 0.520. The van der Waals surface area contributed by atoms with Crippen LogP contribution in [0.4, 0.5) is 0 Å². The Balaban J connectivity index is 2.15. The summed E-state index contributed by atoms with van der Waals surface area (Å²) < 4.78 is 5.51. The molecule has 0 bridgehead atoms. The number of hydrogen-bond donors (Lipinski definition) is 2. The van der Waals surface area contributed by atoms with Crippen molar-refractivity contribution in [3.63, 3.8) is 0 Å². The maximum absolute atomic E-state index is 10.9. The highest BCUT2D eigenvalue weighted by Gasteiger charge is 2.20. The lowest BCUT2D eigenvalue weighted by molar-refractivity contribution is 0.0688. The summed E-state index contributed by atoms with van der Waals surface area (Å²) >= 11 is 0. The Bertz CT molecular complexity index is 361. The van der Waals surface area contributed by atoms with Gasteiger partial charge in [-0.3, -0.25) is 0 Å². The second-order valence-corrected chi connectivity index (χ2v) is 3.39. The van der Waals surface area contributed by atoms with Gasteiger partial charge >= 0.3 is 5.97 Å². The number of aromatic carboxylic acids is 1. The molecular weight excluding hydrogens is 196 g/mol. The van der Waals surface area contributed by atoms with E-state index in [1.807, 2.05) is 0 Å². The lowest BCUT2D eigenvalue weighted by atomic mass is 10.2. The van der Waals surface area contributed by atoms with Gasteiger partial charge in [0.05, 0.1) is 0 Å². The van der Waals surface area contributed by atoms with Crippen molar-refractivity contribution in [1.29, 1.82) is 0 Å². The summed E-state index contributed by atoms with van der Waals surface area (Å²) in [6, 6.07) is 3.08. The van der Waals surface area contributed by atoms with Crippen LogP contribution in [-0.2, 0) is 0 Å². The van der Waals surface area contributed by atoms with Gasteiger partial charge in [-0.15, -0.1) is 0 Å². The zero-order valence-electron chi connectivity index (χ0n) is 8.14. The molecule has 1 aromatic rings. The lowest BCUT2D eigenvalue weighted by Gasteiger charge is -2.12. The van der Waals surface area contributed by atoms with Crippen molar-refractivity contribution >= 4 is 5.97 Å². The molecule has 2 heterocycles. The first-order chi connectivity index (χ1) is 7.27. The van der Waals surface area contributed by atoms with E-state index in [0.29, 0.717) is 0 Å². The molecule has 0 radical (unpaired) electrons. The van der Waals surface area contributed by atoms with Crippen molar-refractivity contribution in [3.05, 3.63) is 23.9 Å². The molecule has 2 rings (SSSR count). The van der Waals surface area contributed by atoms with E-state index >= 15 is 0 Å². The van der Waals surface area contributed by atoms with Gasteiger partial charge in [-0.1, -0.05) is 0 Å². The quantitative estimate of drug-likeness (QED) is 0.757. The van der Waals surface area contributed by atoms with E-state index < -0.39 is 5.97 Å². The van der Waals surface area contributed by atoms with Gasteiger partial charge in [0.2, 0.25) is 5.88 Å². The van der Waals surface area contributed by atoms with Gasteiger partial charge < -0.3 is 15.2 Å². The van der Waals surface area contributed by atoms with Gasteiger partial charge in [-0.2, -0.15) is 0 Å². The van der Waals surface area contributed by atoms with Gasteiger partial charge in [-0.05, 0) is 25.1 Å². The molecule has 1 aliphatic rings. The highest BCUT2D eigenvalue weighted by atomic mass is 16.5. The van der Waals surface area contributed by atoms with Crippen LogP contribution in [-0.4, -0.2) is 35.3 Å². The third-order valence-corrected chi connectivity index (χ3v) is 2.29. The zero-order valence-corrected chi connectivity index (χ0v) is 8.14. The Hall–Kier alpha value is -1.62. The van der Waals surface area contributed by atoms with Crippen LogP contribution in [0.5, 0.6) is 5.88 Å². The second kappa shape index (κ2) is 4.27. The van der Waals surface area contributed by atoms with Crippen molar-refractivity contribution in [2.75, 3.05) is 13.1 Å². The standard InChI is InChI=1S/C10H12N2O3/c13-10(14)8-2-1-4-12-9(8)15-7-3-5-11-6-7/h1-2,4,7,11H,3,5-6H2,(H,13,14)/t7-/m1/s1. The summed E-state index contributed by atoms with van der Waals surface area (Å²) in [5.41, 5.74) is 0.115. The highest BCUT2D eigenvalue weighted by Crippen LogP contribution is 2.17. The van der Waals surface area contributed by atoms with Crippen LogP contribution in [0.1, 0.15) is 16.8 Å². The average molecular weight is 208 g/mol. The molecular formula is C10H12N2O3. The molecule has 0 spiro atoms. The first kappa shape index (κ1) is 9.92. The maximum atomic E-state index is 10.9. The number of hydrogen-bond acceptors (Lipinski definition) is 4. The van der Waals surface area contributed by atoms with Gasteiger partial charge in [0.1, 0.15) is 11.7 Å². The molecule has 80 valence electrons. The van der Waals surface area contributed by atoms with E-state index in [-0.39, 0.29) is 17.5 Å². The molecule has 1 aliphatic heterocycles. The zero-order chi connectivity index (χ0) is 10.7. The molecule has 1 saturated heterocycles. The van der Waals surface area contributed by atoms with E-state index in [1.165, 1.54) is 12.3 Å². The fraction of sp³-hybridized carbons (Fsp3) is 0.400. The SMILES string of the molecule is O=C(O)c1cccnc1O[C@@H]1CCNC1. The van der Waals surface area contributed by atoms with Crippen LogP contribution < -0.4 is 10.1 Å². The summed E-state index contributed by atoms with van der Waals surface area (Å²) in [5.74, 6) is -0.803. The van der Waals surface area contributed by atoms with Crippen LogP contribution in [0.25, 0.3) is 0 Å². The third kappa shape index (κ3) is 2.24. The molecule has 1 aromatic heterocycles. The van der Waals surface area contributed by atoms with Crippen molar-refractivity contribution < 1.29 is 14.6 Å². The van der Waals surface area contributed by atoms with E-state index in [9.17, 15) is 4.79 Å². The number of aromatic nitrogens is 1. The van der Waals surface area contributed by atoms with E-state index in [0.717, 1.165) is 19.5 Å². The van der Waals surface area contributed by atoms with Gasteiger partial charge in [0.25, 0.3) is 0 Å². The number of rotatable bonds is 3. The average Bonchev–Trinajstić information content (AvgIpc) is 2.71. The summed E-state index contributed by atoms with van der Waals surface area (Å²) in [7, 11) is 0. The van der Waals surface area contributed by atoms with Crippen LogP contribution in [0.15, 0.2) is 18.3 Å². The number of ether oxygens (including phenoxy) is 1. The maximum Gasteiger partial charge on any atom is 0.341 e. The smallest absolute Gasteiger partial charge is 0.341 e. The van der Waals surface area contributed by atoms with Crippen LogP contribution >= 0.6 is 0 Å². The number of carboxylic acids is 1.